The van der Waals surface area contributed by atoms with Gasteiger partial charge in [0, 0.05) is 38.8 Å². The van der Waals surface area contributed by atoms with E-state index < -0.39 is 41.7 Å². The van der Waals surface area contributed by atoms with E-state index in [1.54, 1.807) is 0 Å². The molecule has 0 radical (unpaired) electrons. The van der Waals surface area contributed by atoms with Crippen molar-refractivity contribution in [1.29, 1.82) is 0 Å². The van der Waals surface area contributed by atoms with E-state index in [-0.39, 0.29) is 29.5 Å². The standard InChI is InChI=1S/C33H33F6N3O2/c34-32(35,36)25-15-23(16-26(17-25)33(37,38)39)21-44-29-18-28-27(19-31(29,40-28)24-9-5-2-6-10-24)30(43)42-13-11-41(12-14-42)20-22-7-3-1-4-8-22/h1-10,15-17,27-29,40H,11-14,18-21H2. The molecule has 6 rings (SSSR count). The summed E-state index contributed by atoms with van der Waals surface area (Å²) in [7, 11) is 0. The lowest BCUT2D eigenvalue weighted by Crippen LogP contribution is -2.52. The summed E-state index contributed by atoms with van der Waals surface area (Å²) in [4.78, 5) is 18.0. The summed E-state index contributed by atoms with van der Waals surface area (Å²) in [5.41, 5.74) is -1.65. The molecule has 3 fully saturated rings. The zero-order valence-corrected chi connectivity index (χ0v) is 23.9. The Morgan fingerprint density at radius 1 is 0.818 bits per heavy atom. The lowest BCUT2D eigenvalue weighted by Gasteiger charge is -2.39. The van der Waals surface area contributed by atoms with Gasteiger partial charge >= 0.3 is 12.4 Å². The lowest BCUT2D eigenvalue weighted by atomic mass is 9.74. The van der Waals surface area contributed by atoms with Crippen LogP contribution < -0.4 is 5.32 Å². The summed E-state index contributed by atoms with van der Waals surface area (Å²) < 4.78 is 86.6. The SMILES string of the molecule is O=C(C1CC2(c3ccccc3)NC1CC2OCc1cc(C(F)(F)F)cc(C(F)(F)F)c1)N1CCN(Cc2ccccc2)CC1. The molecular weight excluding hydrogens is 584 g/mol. The minimum absolute atomic E-state index is 0.0609. The van der Waals surface area contributed by atoms with Crippen LogP contribution in [0, 0.1) is 5.92 Å². The van der Waals surface area contributed by atoms with Crippen LogP contribution in [0.2, 0.25) is 0 Å². The Labute approximate surface area is 251 Å². The first-order valence-corrected chi connectivity index (χ1v) is 14.7. The Hall–Kier alpha value is -3.41. The summed E-state index contributed by atoms with van der Waals surface area (Å²) >= 11 is 0. The number of benzene rings is 3. The number of fused-ring (bicyclic) bond motifs is 2. The van der Waals surface area contributed by atoms with Gasteiger partial charge in [-0.05, 0) is 47.7 Å². The van der Waals surface area contributed by atoms with E-state index in [9.17, 15) is 31.1 Å². The number of hydrogen-bond acceptors (Lipinski definition) is 4. The van der Waals surface area contributed by atoms with Crippen molar-refractivity contribution in [3.8, 4) is 0 Å². The average Bonchev–Trinajstić information content (AvgIpc) is 3.57. The highest BCUT2D eigenvalue weighted by atomic mass is 19.4. The Morgan fingerprint density at radius 3 is 2.00 bits per heavy atom. The normalized spacial score (nSPS) is 25.9. The molecule has 1 N–H and O–H groups in total. The van der Waals surface area contributed by atoms with E-state index in [1.165, 1.54) is 5.56 Å². The second-order valence-electron chi connectivity index (χ2n) is 11.9. The fourth-order valence-corrected chi connectivity index (χ4v) is 6.95. The molecule has 2 bridgehead atoms. The zero-order valence-electron chi connectivity index (χ0n) is 23.9. The summed E-state index contributed by atoms with van der Waals surface area (Å²) in [5, 5.41) is 3.58. The van der Waals surface area contributed by atoms with Gasteiger partial charge in [-0.25, -0.2) is 0 Å². The fraction of sp³-hybridized carbons (Fsp3) is 0.424. The van der Waals surface area contributed by atoms with Gasteiger partial charge in [0.2, 0.25) is 5.91 Å². The third-order valence-electron chi connectivity index (χ3n) is 9.13. The number of hydrogen-bond donors (Lipinski definition) is 1. The number of carbonyl (C=O) groups excluding carboxylic acids is 1. The van der Waals surface area contributed by atoms with Crippen LogP contribution in [0.3, 0.4) is 0 Å². The Balaban J connectivity index is 1.16. The van der Waals surface area contributed by atoms with Crippen LogP contribution in [0.15, 0.2) is 78.9 Å². The van der Waals surface area contributed by atoms with E-state index in [0.717, 1.165) is 25.2 Å². The second kappa shape index (κ2) is 11.8. The zero-order chi connectivity index (χ0) is 31.1. The fourth-order valence-electron chi connectivity index (χ4n) is 6.95. The molecule has 234 valence electrons. The highest BCUT2D eigenvalue weighted by Gasteiger charge is 2.60. The maximum Gasteiger partial charge on any atom is 0.416 e. The number of amides is 1. The van der Waals surface area contributed by atoms with Crippen LogP contribution in [0.1, 0.15) is 40.7 Å². The van der Waals surface area contributed by atoms with Crippen LogP contribution in [-0.2, 0) is 40.6 Å². The molecular formula is C33H33F6N3O2. The van der Waals surface area contributed by atoms with Crippen molar-refractivity contribution >= 4 is 5.91 Å². The van der Waals surface area contributed by atoms with Gasteiger partial charge in [-0.3, -0.25) is 9.69 Å². The minimum atomic E-state index is -4.93. The van der Waals surface area contributed by atoms with E-state index in [4.69, 9.17) is 4.74 Å². The number of nitrogens with zero attached hydrogens (tertiary/aromatic N) is 2. The number of halogens is 6. The summed E-state index contributed by atoms with van der Waals surface area (Å²) in [6.07, 6.45) is -9.59. The lowest BCUT2D eigenvalue weighted by molar-refractivity contribution is -0.143. The molecule has 3 aromatic rings. The van der Waals surface area contributed by atoms with Crippen molar-refractivity contribution in [2.24, 2.45) is 5.92 Å². The summed E-state index contributed by atoms with van der Waals surface area (Å²) in [6.45, 7) is 3.15. The van der Waals surface area contributed by atoms with Gasteiger partial charge in [0.15, 0.2) is 0 Å². The molecule has 11 heteroatoms. The van der Waals surface area contributed by atoms with Gasteiger partial charge in [0.25, 0.3) is 0 Å². The second-order valence-corrected chi connectivity index (χ2v) is 11.9. The number of nitrogens with one attached hydrogen (secondary N) is 1. The van der Waals surface area contributed by atoms with Crippen LogP contribution in [-0.4, -0.2) is 54.0 Å². The van der Waals surface area contributed by atoms with Gasteiger partial charge in [-0.15, -0.1) is 0 Å². The smallest absolute Gasteiger partial charge is 0.371 e. The number of rotatable bonds is 7. The predicted octanol–water partition coefficient (Wildman–Crippen LogP) is 6.23. The highest BCUT2D eigenvalue weighted by Crippen LogP contribution is 2.50. The summed E-state index contributed by atoms with van der Waals surface area (Å²) in [5.74, 6) is -0.257. The van der Waals surface area contributed by atoms with Crippen molar-refractivity contribution in [2.75, 3.05) is 26.2 Å². The molecule has 3 saturated heterocycles. The van der Waals surface area contributed by atoms with Gasteiger partial charge in [0.1, 0.15) is 0 Å². The molecule has 3 heterocycles. The monoisotopic (exact) mass is 617 g/mol. The van der Waals surface area contributed by atoms with Crippen molar-refractivity contribution in [2.45, 2.75) is 56.0 Å². The number of carbonyl (C=O) groups is 1. The first-order valence-electron chi connectivity index (χ1n) is 14.7. The van der Waals surface area contributed by atoms with Gasteiger partial charge in [-0.2, -0.15) is 26.3 Å². The number of ether oxygens (including phenoxy) is 1. The average molecular weight is 618 g/mol. The van der Waals surface area contributed by atoms with E-state index in [2.05, 4.69) is 22.3 Å². The van der Waals surface area contributed by atoms with Crippen LogP contribution in [0.4, 0.5) is 26.3 Å². The predicted molar refractivity (Wildman–Crippen MR) is 151 cm³/mol. The maximum atomic E-state index is 13.8. The highest BCUT2D eigenvalue weighted by molar-refractivity contribution is 5.81. The van der Waals surface area contributed by atoms with Crippen molar-refractivity contribution in [3.63, 3.8) is 0 Å². The van der Waals surface area contributed by atoms with Gasteiger partial charge in [-0.1, -0.05) is 60.7 Å². The van der Waals surface area contributed by atoms with Crippen molar-refractivity contribution in [1.82, 2.24) is 15.1 Å². The largest absolute Gasteiger partial charge is 0.416 e. The molecule has 0 saturated carbocycles. The molecule has 3 aromatic carbocycles. The third-order valence-corrected chi connectivity index (χ3v) is 9.13. The first kappa shape index (κ1) is 30.6. The molecule has 0 aromatic heterocycles. The summed E-state index contributed by atoms with van der Waals surface area (Å²) in [6, 6.07) is 20.9. The third kappa shape index (κ3) is 6.23. The Kier molecular flexibility index (Phi) is 8.23. The molecule has 3 aliphatic rings. The van der Waals surface area contributed by atoms with Crippen LogP contribution in [0.25, 0.3) is 0 Å². The number of alkyl halides is 6. The van der Waals surface area contributed by atoms with Gasteiger partial charge in [0.05, 0.1) is 35.3 Å². The molecule has 4 unspecified atom stereocenters. The van der Waals surface area contributed by atoms with Crippen molar-refractivity contribution in [3.05, 3.63) is 107 Å². The van der Waals surface area contributed by atoms with Crippen LogP contribution in [0.5, 0.6) is 0 Å². The Morgan fingerprint density at radius 2 is 1.41 bits per heavy atom. The van der Waals surface area contributed by atoms with E-state index in [1.807, 2.05) is 53.4 Å². The van der Waals surface area contributed by atoms with Crippen LogP contribution >= 0.6 is 0 Å². The van der Waals surface area contributed by atoms with E-state index in [0.29, 0.717) is 38.1 Å². The molecule has 5 nitrogen and oxygen atoms in total. The van der Waals surface area contributed by atoms with Crippen molar-refractivity contribution < 1.29 is 35.9 Å². The van der Waals surface area contributed by atoms with E-state index >= 15 is 0 Å². The Bertz CT molecular complexity index is 1430. The molecule has 3 aliphatic heterocycles. The van der Waals surface area contributed by atoms with Gasteiger partial charge < -0.3 is 15.0 Å². The molecule has 0 aliphatic carbocycles. The first-order chi connectivity index (χ1) is 20.9. The minimum Gasteiger partial charge on any atom is -0.371 e. The maximum absolute atomic E-state index is 13.8. The number of piperazine rings is 1. The topological polar surface area (TPSA) is 44.8 Å². The quantitative estimate of drug-likeness (QED) is 0.320. The molecule has 44 heavy (non-hydrogen) atoms. The molecule has 0 spiro atoms. The molecule has 1 amide bonds. The molecule has 4 atom stereocenters.